The highest BCUT2D eigenvalue weighted by Crippen LogP contribution is 2.18. The molecule has 1 amide bonds. The number of ether oxygens (including phenoxy) is 1. The highest BCUT2D eigenvalue weighted by molar-refractivity contribution is 5.94. The lowest BCUT2D eigenvalue weighted by Gasteiger charge is -2.17. The molecular weight excluding hydrogens is 336 g/mol. The van der Waals surface area contributed by atoms with E-state index in [-0.39, 0.29) is 5.91 Å². The Morgan fingerprint density at radius 2 is 1.74 bits per heavy atom. The monoisotopic (exact) mass is 360 g/mol. The summed E-state index contributed by atoms with van der Waals surface area (Å²) in [6.07, 6.45) is 4.50. The maximum Gasteiger partial charge on any atom is 0.265 e. The minimum absolute atomic E-state index is 0.138. The molecule has 4 heteroatoms. The number of nitrogens with one attached hydrogen (secondary N) is 1. The molecule has 0 spiro atoms. The molecule has 1 N–H and O–H groups in total. The van der Waals surface area contributed by atoms with E-state index in [4.69, 9.17) is 4.74 Å². The van der Waals surface area contributed by atoms with Gasteiger partial charge in [-0.1, -0.05) is 31.2 Å². The zero-order chi connectivity index (χ0) is 19.1. The Morgan fingerprint density at radius 3 is 2.41 bits per heavy atom. The fourth-order valence-electron chi connectivity index (χ4n) is 2.84. The van der Waals surface area contributed by atoms with E-state index in [1.54, 1.807) is 12.4 Å². The minimum Gasteiger partial charge on any atom is -0.481 e. The van der Waals surface area contributed by atoms with Gasteiger partial charge in [-0.05, 0) is 72.9 Å². The molecule has 0 aliphatic heterocycles. The van der Waals surface area contributed by atoms with Crippen LogP contribution in [0.2, 0.25) is 0 Å². The van der Waals surface area contributed by atoms with Gasteiger partial charge in [0.1, 0.15) is 5.75 Å². The molecule has 2 aromatic carbocycles. The topological polar surface area (TPSA) is 51.2 Å². The highest BCUT2D eigenvalue weighted by Gasteiger charge is 2.18. The third-order valence-corrected chi connectivity index (χ3v) is 4.31. The summed E-state index contributed by atoms with van der Waals surface area (Å²) in [5.41, 5.74) is 4.26. The van der Waals surface area contributed by atoms with Gasteiger partial charge in [-0.15, -0.1) is 0 Å². The third-order valence-electron chi connectivity index (χ3n) is 4.31. The normalized spacial score (nSPS) is 11.6. The Labute approximate surface area is 160 Å². The van der Waals surface area contributed by atoms with E-state index < -0.39 is 6.10 Å². The van der Waals surface area contributed by atoms with Crippen LogP contribution in [-0.2, 0) is 11.2 Å². The van der Waals surface area contributed by atoms with Crippen LogP contribution in [0.5, 0.6) is 5.75 Å². The number of aromatic nitrogens is 1. The van der Waals surface area contributed by atoms with Gasteiger partial charge in [0.15, 0.2) is 6.10 Å². The fourth-order valence-corrected chi connectivity index (χ4v) is 2.84. The Hall–Kier alpha value is -3.14. The molecule has 0 saturated carbocycles. The van der Waals surface area contributed by atoms with Crippen molar-refractivity contribution >= 4 is 11.6 Å². The van der Waals surface area contributed by atoms with Gasteiger partial charge in [0.05, 0.1) is 0 Å². The van der Waals surface area contributed by atoms with E-state index >= 15 is 0 Å². The van der Waals surface area contributed by atoms with Crippen molar-refractivity contribution in [1.29, 1.82) is 0 Å². The summed E-state index contributed by atoms with van der Waals surface area (Å²) in [4.78, 5) is 16.6. The zero-order valence-corrected chi connectivity index (χ0v) is 15.7. The lowest BCUT2D eigenvalue weighted by Crippen LogP contribution is -2.32. The lowest BCUT2D eigenvalue weighted by atomic mass is 10.1. The van der Waals surface area contributed by atoms with Gasteiger partial charge in [-0.3, -0.25) is 9.78 Å². The van der Waals surface area contributed by atoms with Gasteiger partial charge in [-0.25, -0.2) is 0 Å². The van der Waals surface area contributed by atoms with E-state index in [1.807, 2.05) is 74.5 Å². The summed E-state index contributed by atoms with van der Waals surface area (Å²) in [5.74, 6) is 0.575. The largest absolute Gasteiger partial charge is 0.481 e. The Kier molecular flexibility index (Phi) is 6.21. The summed E-state index contributed by atoms with van der Waals surface area (Å²) in [7, 11) is 0. The molecule has 138 valence electrons. The number of anilines is 1. The van der Waals surface area contributed by atoms with Gasteiger partial charge in [0, 0.05) is 18.1 Å². The number of benzene rings is 2. The first-order chi connectivity index (χ1) is 13.1. The molecule has 3 aromatic rings. The second kappa shape index (κ2) is 8.99. The first kappa shape index (κ1) is 18.6. The Balaban J connectivity index is 1.60. The van der Waals surface area contributed by atoms with Gasteiger partial charge >= 0.3 is 0 Å². The number of carbonyl (C=O) groups is 1. The average molecular weight is 360 g/mol. The summed E-state index contributed by atoms with van der Waals surface area (Å²) >= 11 is 0. The second-order valence-corrected chi connectivity index (χ2v) is 6.55. The third kappa shape index (κ3) is 5.42. The van der Waals surface area contributed by atoms with Crippen molar-refractivity contribution in [3.63, 3.8) is 0 Å². The molecule has 0 saturated heterocycles. The smallest absolute Gasteiger partial charge is 0.265 e. The van der Waals surface area contributed by atoms with E-state index in [1.165, 1.54) is 11.1 Å². The van der Waals surface area contributed by atoms with Crippen LogP contribution in [-0.4, -0.2) is 17.0 Å². The molecular formula is C23H24N2O2. The molecule has 3 rings (SSSR count). The molecule has 4 nitrogen and oxygen atoms in total. The number of hydrogen-bond donors (Lipinski definition) is 1. The molecule has 0 aliphatic rings. The van der Waals surface area contributed by atoms with Crippen molar-refractivity contribution in [1.82, 2.24) is 4.98 Å². The maximum atomic E-state index is 12.6. The van der Waals surface area contributed by atoms with E-state index in [0.29, 0.717) is 12.2 Å². The minimum atomic E-state index is -0.525. The number of aryl methyl sites for hydroxylation is 1. The highest BCUT2D eigenvalue weighted by atomic mass is 16.5. The van der Waals surface area contributed by atoms with E-state index in [0.717, 1.165) is 17.7 Å². The predicted octanol–water partition coefficient (Wildman–Crippen LogP) is 4.78. The van der Waals surface area contributed by atoms with Crippen molar-refractivity contribution in [2.45, 2.75) is 32.8 Å². The SMILES string of the molecule is CC[C@H](Oc1cccc(C)c1)C(=O)Nc1ccc(Cc2ccncc2)cc1. The second-order valence-electron chi connectivity index (χ2n) is 6.55. The first-order valence-electron chi connectivity index (χ1n) is 9.16. The van der Waals surface area contributed by atoms with Crippen molar-refractivity contribution in [2.24, 2.45) is 0 Å². The Bertz CT molecular complexity index is 876. The van der Waals surface area contributed by atoms with Crippen LogP contribution in [0.25, 0.3) is 0 Å². The number of nitrogens with zero attached hydrogens (tertiary/aromatic N) is 1. The van der Waals surface area contributed by atoms with E-state index in [9.17, 15) is 4.79 Å². The van der Waals surface area contributed by atoms with Crippen LogP contribution >= 0.6 is 0 Å². The van der Waals surface area contributed by atoms with Crippen LogP contribution in [0.1, 0.15) is 30.0 Å². The molecule has 0 aliphatic carbocycles. The Morgan fingerprint density at radius 1 is 1.04 bits per heavy atom. The molecule has 1 heterocycles. The number of carbonyl (C=O) groups excluding carboxylic acids is 1. The molecule has 0 unspecified atom stereocenters. The van der Waals surface area contributed by atoms with Crippen LogP contribution in [0, 0.1) is 6.92 Å². The molecule has 0 fully saturated rings. The van der Waals surface area contributed by atoms with Crippen molar-refractivity contribution in [3.8, 4) is 5.75 Å². The number of amides is 1. The first-order valence-corrected chi connectivity index (χ1v) is 9.16. The summed E-state index contributed by atoms with van der Waals surface area (Å²) in [6, 6.07) is 19.6. The molecule has 1 aromatic heterocycles. The fraction of sp³-hybridized carbons (Fsp3) is 0.217. The average Bonchev–Trinajstić information content (AvgIpc) is 2.68. The molecule has 27 heavy (non-hydrogen) atoms. The summed E-state index contributed by atoms with van der Waals surface area (Å²) < 4.78 is 5.86. The van der Waals surface area contributed by atoms with Crippen LogP contribution in [0.3, 0.4) is 0 Å². The quantitative estimate of drug-likeness (QED) is 0.660. The van der Waals surface area contributed by atoms with Gasteiger partial charge < -0.3 is 10.1 Å². The standard InChI is InChI=1S/C23H24N2O2/c1-3-22(27-21-6-4-5-17(2)15-21)23(26)25-20-9-7-18(8-10-20)16-19-11-13-24-14-12-19/h4-15,22H,3,16H2,1-2H3,(H,25,26)/t22-/m0/s1. The van der Waals surface area contributed by atoms with Crippen molar-refractivity contribution < 1.29 is 9.53 Å². The number of hydrogen-bond acceptors (Lipinski definition) is 3. The summed E-state index contributed by atoms with van der Waals surface area (Å²) in [6.45, 7) is 3.94. The van der Waals surface area contributed by atoms with Crippen molar-refractivity contribution in [2.75, 3.05) is 5.32 Å². The zero-order valence-electron chi connectivity index (χ0n) is 15.7. The van der Waals surface area contributed by atoms with Crippen LogP contribution in [0.15, 0.2) is 73.1 Å². The number of pyridine rings is 1. The predicted molar refractivity (Wildman–Crippen MR) is 108 cm³/mol. The molecule has 0 bridgehead atoms. The summed E-state index contributed by atoms with van der Waals surface area (Å²) in [5, 5.41) is 2.94. The molecule has 0 radical (unpaired) electrons. The van der Waals surface area contributed by atoms with Gasteiger partial charge in [0.2, 0.25) is 0 Å². The maximum absolute atomic E-state index is 12.6. The lowest BCUT2D eigenvalue weighted by molar-refractivity contribution is -0.122. The van der Waals surface area contributed by atoms with Crippen molar-refractivity contribution in [3.05, 3.63) is 89.7 Å². The van der Waals surface area contributed by atoms with Crippen LogP contribution in [0.4, 0.5) is 5.69 Å². The van der Waals surface area contributed by atoms with Gasteiger partial charge in [-0.2, -0.15) is 0 Å². The molecule has 1 atom stereocenters. The van der Waals surface area contributed by atoms with Crippen LogP contribution < -0.4 is 10.1 Å². The van der Waals surface area contributed by atoms with E-state index in [2.05, 4.69) is 10.3 Å². The van der Waals surface area contributed by atoms with Gasteiger partial charge in [0.25, 0.3) is 5.91 Å². The number of rotatable bonds is 7.